The Bertz CT molecular complexity index is 515. The third-order valence-electron chi connectivity index (χ3n) is 3.26. The average Bonchev–Trinajstić information content (AvgIpc) is 2.75. The standard InChI is InChI=1S/C14H16FNO3/c1-8-5-6-19-13(8)14(18)16-12-7-10(15)3-4-11(12)9(2)17/h3-4,7-8,13H,5-6H2,1-2H3,(H,16,18)/t8-,13-/m1/s1. The van der Waals surface area contributed by atoms with Crippen molar-refractivity contribution >= 4 is 17.4 Å². The fraction of sp³-hybridized carbons (Fsp3) is 0.429. The maximum absolute atomic E-state index is 13.2. The first kappa shape index (κ1) is 13.7. The van der Waals surface area contributed by atoms with Gasteiger partial charge < -0.3 is 10.1 Å². The zero-order chi connectivity index (χ0) is 14.0. The molecule has 0 saturated carbocycles. The molecule has 0 spiro atoms. The van der Waals surface area contributed by atoms with E-state index < -0.39 is 11.9 Å². The van der Waals surface area contributed by atoms with E-state index in [1.54, 1.807) is 0 Å². The number of amides is 1. The van der Waals surface area contributed by atoms with Crippen LogP contribution in [0, 0.1) is 11.7 Å². The number of hydrogen-bond donors (Lipinski definition) is 1. The zero-order valence-corrected chi connectivity index (χ0v) is 10.9. The van der Waals surface area contributed by atoms with Crippen LogP contribution in [-0.2, 0) is 9.53 Å². The number of benzene rings is 1. The van der Waals surface area contributed by atoms with Gasteiger partial charge in [0.15, 0.2) is 5.78 Å². The summed E-state index contributed by atoms with van der Waals surface area (Å²) in [7, 11) is 0. The second-order valence-corrected chi connectivity index (χ2v) is 4.79. The van der Waals surface area contributed by atoms with Crippen LogP contribution < -0.4 is 5.32 Å². The molecule has 1 aromatic carbocycles. The van der Waals surface area contributed by atoms with Crippen molar-refractivity contribution in [3.8, 4) is 0 Å². The smallest absolute Gasteiger partial charge is 0.253 e. The molecule has 0 unspecified atom stereocenters. The van der Waals surface area contributed by atoms with E-state index in [2.05, 4.69) is 5.32 Å². The number of rotatable bonds is 3. The Labute approximate surface area is 110 Å². The molecule has 0 bridgehead atoms. The second-order valence-electron chi connectivity index (χ2n) is 4.79. The largest absolute Gasteiger partial charge is 0.368 e. The van der Waals surface area contributed by atoms with Crippen LogP contribution in [0.2, 0.25) is 0 Å². The third-order valence-corrected chi connectivity index (χ3v) is 3.26. The minimum atomic E-state index is -0.539. The maximum atomic E-state index is 13.2. The molecular weight excluding hydrogens is 249 g/mol. The summed E-state index contributed by atoms with van der Waals surface area (Å²) in [6.07, 6.45) is 0.281. The molecule has 0 aliphatic carbocycles. The average molecular weight is 265 g/mol. The number of nitrogens with one attached hydrogen (secondary N) is 1. The fourth-order valence-corrected chi connectivity index (χ4v) is 2.16. The van der Waals surface area contributed by atoms with Crippen molar-refractivity contribution in [2.24, 2.45) is 5.92 Å². The van der Waals surface area contributed by atoms with Crippen LogP contribution in [0.15, 0.2) is 18.2 Å². The SMILES string of the molecule is CC(=O)c1ccc(F)cc1NC(=O)[C@@H]1OCC[C@H]1C. The normalized spacial score (nSPS) is 22.3. The van der Waals surface area contributed by atoms with E-state index in [-0.39, 0.29) is 23.3 Å². The van der Waals surface area contributed by atoms with Gasteiger partial charge in [0, 0.05) is 12.2 Å². The van der Waals surface area contributed by atoms with Gasteiger partial charge in [-0.3, -0.25) is 9.59 Å². The highest BCUT2D eigenvalue weighted by Crippen LogP contribution is 2.23. The number of carbonyl (C=O) groups excluding carboxylic acids is 2. The van der Waals surface area contributed by atoms with Gasteiger partial charge in [-0.15, -0.1) is 0 Å². The number of ether oxygens (including phenoxy) is 1. The number of carbonyl (C=O) groups is 2. The van der Waals surface area contributed by atoms with Crippen LogP contribution in [0.5, 0.6) is 0 Å². The minimum Gasteiger partial charge on any atom is -0.368 e. The Morgan fingerprint density at radius 1 is 1.42 bits per heavy atom. The first-order valence-electron chi connectivity index (χ1n) is 6.22. The van der Waals surface area contributed by atoms with Gasteiger partial charge in [-0.1, -0.05) is 6.92 Å². The van der Waals surface area contributed by atoms with Gasteiger partial charge in [0.1, 0.15) is 11.9 Å². The van der Waals surface area contributed by atoms with E-state index in [0.29, 0.717) is 12.2 Å². The van der Waals surface area contributed by atoms with Crippen LogP contribution >= 0.6 is 0 Å². The molecule has 0 aromatic heterocycles. The summed E-state index contributed by atoms with van der Waals surface area (Å²) in [4.78, 5) is 23.5. The second kappa shape index (κ2) is 5.48. The zero-order valence-electron chi connectivity index (χ0n) is 10.9. The van der Waals surface area contributed by atoms with Crippen molar-refractivity contribution in [3.05, 3.63) is 29.6 Å². The molecular formula is C14H16FNO3. The Morgan fingerprint density at radius 2 is 2.16 bits per heavy atom. The van der Waals surface area contributed by atoms with Crippen molar-refractivity contribution < 1.29 is 18.7 Å². The van der Waals surface area contributed by atoms with Gasteiger partial charge in [0.25, 0.3) is 5.91 Å². The predicted octanol–water partition coefficient (Wildman–Crippen LogP) is 2.39. The number of anilines is 1. The highest BCUT2D eigenvalue weighted by molar-refractivity contribution is 6.04. The first-order chi connectivity index (χ1) is 8.99. The number of Topliss-reactive ketones (excluding diaryl/α,β-unsaturated/α-hetero) is 1. The monoisotopic (exact) mass is 265 g/mol. The molecule has 1 saturated heterocycles. The lowest BCUT2D eigenvalue weighted by Gasteiger charge is -2.16. The summed E-state index contributed by atoms with van der Waals surface area (Å²) in [5.41, 5.74) is 0.487. The summed E-state index contributed by atoms with van der Waals surface area (Å²) in [6.45, 7) is 3.84. The van der Waals surface area contributed by atoms with Crippen molar-refractivity contribution in [1.82, 2.24) is 0 Å². The van der Waals surface area contributed by atoms with E-state index in [9.17, 15) is 14.0 Å². The lowest BCUT2D eigenvalue weighted by molar-refractivity contribution is -0.126. The molecule has 4 nitrogen and oxygen atoms in total. The van der Waals surface area contributed by atoms with Crippen molar-refractivity contribution in [3.63, 3.8) is 0 Å². The molecule has 19 heavy (non-hydrogen) atoms. The Balaban J connectivity index is 2.20. The van der Waals surface area contributed by atoms with E-state index in [1.807, 2.05) is 6.92 Å². The molecule has 1 aliphatic heterocycles. The van der Waals surface area contributed by atoms with Crippen molar-refractivity contribution in [2.75, 3.05) is 11.9 Å². The van der Waals surface area contributed by atoms with Crippen LogP contribution in [0.4, 0.5) is 10.1 Å². The minimum absolute atomic E-state index is 0.120. The molecule has 102 valence electrons. The number of hydrogen-bond acceptors (Lipinski definition) is 3. The Hall–Kier alpha value is -1.75. The molecule has 1 fully saturated rings. The van der Waals surface area contributed by atoms with Gasteiger partial charge in [-0.05, 0) is 37.5 Å². The van der Waals surface area contributed by atoms with Gasteiger partial charge >= 0.3 is 0 Å². The molecule has 0 radical (unpaired) electrons. The van der Waals surface area contributed by atoms with Crippen LogP contribution in [0.25, 0.3) is 0 Å². The van der Waals surface area contributed by atoms with Crippen LogP contribution in [-0.4, -0.2) is 24.4 Å². The number of ketones is 1. The summed E-state index contributed by atoms with van der Waals surface area (Å²) < 4.78 is 18.6. The summed E-state index contributed by atoms with van der Waals surface area (Å²) in [5, 5.41) is 2.58. The molecule has 2 rings (SSSR count). The van der Waals surface area contributed by atoms with Crippen LogP contribution in [0.3, 0.4) is 0 Å². The first-order valence-corrected chi connectivity index (χ1v) is 6.22. The quantitative estimate of drug-likeness (QED) is 0.854. The highest BCUT2D eigenvalue weighted by Gasteiger charge is 2.31. The predicted molar refractivity (Wildman–Crippen MR) is 68.6 cm³/mol. The van der Waals surface area contributed by atoms with Crippen molar-refractivity contribution in [1.29, 1.82) is 0 Å². The summed E-state index contributed by atoms with van der Waals surface area (Å²) in [6, 6.07) is 3.71. The number of halogens is 1. The van der Waals surface area contributed by atoms with Gasteiger partial charge in [0.2, 0.25) is 0 Å². The van der Waals surface area contributed by atoms with E-state index in [0.717, 1.165) is 12.5 Å². The van der Waals surface area contributed by atoms with Crippen LogP contribution in [0.1, 0.15) is 30.6 Å². The molecule has 1 aromatic rings. The third kappa shape index (κ3) is 2.98. The fourth-order valence-electron chi connectivity index (χ4n) is 2.16. The molecule has 1 N–H and O–H groups in total. The topological polar surface area (TPSA) is 55.4 Å². The van der Waals surface area contributed by atoms with E-state index in [1.165, 1.54) is 19.1 Å². The molecule has 2 atom stereocenters. The highest BCUT2D eigenvalue weighted by atomic mass is 19.1. The molecule has 5 heteroatoms. The molecule has 1 amide bonds. The Morgan fingerprint density at radius 3 is 2.74 bits per heavy atom. The van der Waals surface area contributed by atoms with Gasteiger partial charge in [0.05, 0.1) is 5.69 Å². The molecule has 1 aliphatic rings. The van der Waals surface area contributed by atoms with Gasteiger partial charge in [-0.2, -0.15) is 0 Å². The van der Waals surface area contributed by atoms with E-state index >= 15 is 0 Å². The summed E-state index contributed by atoms with van der Waals surface area (Å²) in [5.74, 6) is -0.941. The lowest BCUT2D eigenvalue weighted by atomic mass is 10.0. The lowest BCUT2D eigenvalue weighted by Crippen LogP contribution is -2.31. The van der Waals surface area contributed by atoms with E-state index in [4.69, 9.17) is 4.74 Å². The Kier molecular flexibility index (Phi) is 3.95. The summed E-state index contributed by atoms with van der Waals surface area (Å²) >= 11 is 0. The maximum Gasteiger partial charge on any atom is 0.253 e. The van der Waals surface area contributed by atoms with Gasteiger partial charge in [-0.25, -0.2) is 4.39 Å². The van der Waals surface area contributed by atoms with Crippen molar-refractivity contribution in [2.45, 2.75) is 26.4 Å². The molecule has 1 heterocycles.